The molecule has 1 aromatic heterocycles. The van der Waals surface area contributed by atoms with Gasteiger partial charge in [-0.05, 0) is 23.6 Å². The molecule has 0 saturated heterocycles. The van der Waals surface area contributed by atoms with Crippen LogP contribution in [0.5, 0.6) is 5.75 Å². The van der Waals surface area contributed by atoms with E-state index < -0.39 is 0 Å². The molecule has 2 aromatic rings. The smallest absolute Gasteiger partial charge is 0.229 e. The van der Waals surface area contributed by atoms with E-state index in [1.165, 1.54) is 0 Å². The molecule has 90 valence electrons. The molecule has 0 fully saturated rings. The van der Waals surface area contributed by atoms with E-state index in [4.69, 9.17) is 15.0 Å². The van der Waals surface area contributed by atoms with Gasteiger partial charge in [0.1, 0.15) is 5.75 Å². The van der Waals surface area contributed by atoms with Crippen LogP contribution < -0.4 is 10.5 Å². The lowest BCUT2D eigenvalue weighted by atomic mass is 10.1. The molecule has 0 radical (unpaired) electrons. The first-order valence-electron chi connectivity index (χ1n) is 5.60. The summed E-state index contributed by atoms with van der Waals surface area (Å²) in [5, 5.41) is 3.65. The van der Waals surface area contributed by atoms with Crippen molar-refractivity contribution < 1.29 is 9.26 Å². The van der Waals surface area contributed by atoms with E-state index in [0.717, 1.165) is 23.5 Å². The molecular formula is C13H16N2O2. The Bertz CT molecular complexity index is 474. The van der Waals surface area contributed by atoms with E-state index >= 15 is 0 Å². The Balaban J connectivity index is 2.11. The number of benzene rings is 1. The van der Waals surface area contributed by atoms with Crippen molar-refractivity contribution in [2.45, 2.75) is 13.8 Å². The van der Waals surface area contributed by atoms with Crippen LogP contribution >= 0.6 is 0 Å². The third kappa shape index (κ3) is 2.78. The number of ether oxygens (including phenoxy) is 1. The van der Waals surface area contributed by atoms with Gasteiger partial charge in [-0.1, -0.05) is 31.1 Å². The van der Waals surface area contributed by atoms with Crippen LogP contribution in [-0.4, -0.2) is 11.8 Å². The zero-order chi connectivity index (χ0) is 12.3. The fourth-order valence-corrected chi connectivity index (χ4v) is 1.46. The highest BCUT2D eigenvalue weighted by Crippen LogP contribution is 2.27. The number of rotatable bonds is 4. The summed E-state index contributed by atoms with van der Waals surface area (Å²) in [7, 11) is 0. The summed E-state index contributed by atoms with van der Waals surface area (Å²) in [6.07, 6.45) is 1.61. The average molecular weight is 232 g/mol. The van der Waals surface area contributed by atoms with Gasteiger partial charge in [-0.2, -0.15) is 0 Å². The number of anilines is 1. The van der Waals surface area contributed by atoms with Gasteiger partial charge in [-0.3, -0.25) is 0 Å². The fraction of sp³-hybridized carbons (Fsp3) is 0.308. The Hall–Kier alpha value is -1.97. The van der Waals surface area contributed by atoms with E-state index in [9.17, 15) is 0 Å². The van der Waals surface area contributed by atoms with Gasteiger partial charge < -0.3 is 15.0 Å². The van der Waals surface area contributed by atoms with Crippen molar-refractivity contribution in [1.82, 2.24) is 5.16 Å². The highest BCUT2D eigenvalue weighted by Gasteiger charge is 2.06. The van der Waals surface area contributed by atoms with E-state index in [1.807, 2.05) is 24.3 Å². The number of hydrogen-bond donors (Lipinski definition) is 1. The molecule has 2 N–H and O–H groups in total. The maximum absolute atomic E-state index is 5.65. The predicted molar refractivity (Wildman–Crippen MR) is 66.7 cm³/mol. The first-order chi connectivity index (χ1) is 8.16. The summed E-state index contributed by atoms with van der Waals surface area (Å²) in [5.74, 6) is 1.71. The van der Waals surface area contributed by atoms with Crippen molar-refractivity contribution in [1.29, 1.82) is 0 Å². The molecule has 17 heavy (non-hydrogen) atoms. The topological polar surface area (TPSA) is 61.3 Å². The van der Waals surface area contributed by atoms with Crippen LogP contribution in [0.1, 0.15) is 13.8 Å². The first kappa shape index (κ1) is 11.5. The summed E-state index contributed by atoms with van der Waals surface area (Å²) in [6.45, 7) is 4.95. The minimum absolute atomic E-state index is 0.334. The second-order valence-electron chi connectivity index (χ2n) is 4.33. The Kier molecular flexibility index (Phi) is 3.32. The van der Waals surface area contributed by atoms with Gasteiger partial charge in [-0.15, -0.1) is 0 Å². The van der Waals surface area contributed by atoms with Crippen LogP contribution in [0.15, 0.2) is 35.0 Å². The zero-order valence-corrected chi connectivity index (χ0v) is 10.0. The molecule has 0 atom stereocenters. The summed E-state index contributed by atoms with van der Waals surface area (Å²) >= 11 is 0. The van der Waals surface area contributed by atoms with Crippen LogP contribution in [0.25, 0.3) is 11.1 Å². The Morgan fingerprint density at radius 1 is 1.29 bits per heavy atom. The van der Waals surface area contributed by atoms with Crippen LogP contribution in [0.4, 0.5) is 5.88 Å². The van der Waals surface area contributed by atoms with Crippen molar-refractivity contribution in [2.75, 3.05) is 12.3 Å². The Morgan fingerprint density at radius 3 is 2.53 bits per heavy atom. The molecule has 0 unspecified atom stereocenters. The summed E-state index contributed by atoms with van der Waals surface area (Å²) in [6, 6.07) is 7.73. The molecule has 0 spiro atoms. The van der Waals surface area contributed by atoms with Crippen molar-refractivity contribution in [3.8, 4) is 16.9 Å². The lowest BCUT2D eigenvalue weighted by Crippen LogP contribution is -2.04. The number of aromatic nitrogens is 1. The van der Waals surface area contributed by atoms with E-state index in [1.54, 1.807) is 6.20 Å². The molecule has 2 rings (SSSR count). The quantitative estimate of drug-likeness (QED) is 0.880. The number of nitrogen functional groups attached to an aromatic ring is 1. The normalized spacial score (nSPS) is 10.8. The van der Waals surface area contributed by atoms with Crippen LogP contribution in [-0.2, 0) is 0 Å². The lowest BCUT2D eigenvalue weighted by molar-refractivity contribution is 0.271. The first-order valence-corrected chi connectivity index (χ1v) is 5.60. The zero-order valence-electron chi connectivity index (χ0n) is 10.0. The van der Waals surface area contributed by atoms with Gasteiger partial charge >= 0.3 is 0 Å². The SMILES string of the molecule is CC(C)COc1ccc(-c2cnoc2N)cc1. The number of hydrogen-bond acceptors (Lipinski definition) is 4. The summed E-state index contributed by atoms with van der Waals surface area (Å²) in [5.41, 5.74) is 7.43. The maximum atomic E-state index is 5.65. The van der Waals surface area contributed by atoms with Gasteiger partial charge in [0.15, 0.2) is 0 Å². The van der Waals surface area contributed by atoms with Crippen molar-refractivity contribution in [2.24, 2.45) is 5.92 Å². The Morgan fingerprint density at radius 2 is 2.00 bits per heavy atom. The molecule has 4 heteroatoms. The molecular weight excluding hydrogens is 216 g/mol. The summed E-state index contributed by atoms with van der Waals surface area (Å²) < 4.78 is 10.4. The van der Waals surface area contributed by atoms with Gasteiger partial charge in [0.2, 0.25) is 5.88 Å². The molecule has 0 aliphatic heterocycles. The molecule has 0 saturated carbocycles. The van der Waals surface area contributed by atoms with Crippen LogP contribution in [0, 0.1) is 5.92 Å². The standard InChI is InChI=1S/C13H16N2O2/c1-9(2)8-16-11-5-3-10(4-6-11)12-7-15-17-13(12)14/h3-7,9H,8,14H2,1-2H3. The molecule has 0 amide bonds. The van der Waals surface area contributed by atoms with Gasteiger partial charge in [0, 0.05) is 0 Å². The monoisotopic (exact) mass is 232 g/mol. The van der Waals surface area contributed by atoms with Crippen molar-refractivity contribution >= 4 is 5.88 Å². The molecule has 1 heterocycles. The fourth-order valence-electron chi connectivity index (χ4n) is 1.46. The van der Waals surface area contributed by atoms with Crippen molar-refractivity contribution in [3.05, 3.63) is 30.5 Å². The molecule has 1 aromatic carbocycles. The van der Waals surface area contributed by atoms with Gasteiger partial charge in [0.05, 0.1) is 18.4 Å². The highest BCUT2D eigenvalue weighted by atomic mass is 16.5. The molecule has 0 aliphatic rings. The van der Waals surface area contributed by atoms with Crippen LogP contribution in [0.3, 0.4) is 0 Å². The van der Waals surface area contributed by atoms with Gasteiger partial charge in [-0.25, -0.2) is 0 Å². The third-order valence-electron chi connectivity index (χ3n) is 2.35. The highest BCUT2D eigenvalue weighted by molar-refractivity contribution is 5.72. The second kappa shape index (κ2) is 4.91. The number of nitrogens with zero attached hydrogens (tertiary/aromatic N) is 1. The van der Waals surface area contributed by atoms with Crippen LogP contribution in [0.2, 0.25) is 0 Å². The molecule has 4 nitrogen and oxygen atoms in total. The molecule has 0 bridgehead atoms. The minimum Gasteiger partial charge on any atom is -0.493 e. The molecule has 0 aliphatic carbocycles. The van der Waals surface area contributed by atoms with Crippen molar-refractivity contribution in [3.63, 3.8) is 0 Å². The average Bonchev–Trinajstić information content (AvgIpc) is 2.73. The second-order valence-corrected chi connectivity index (χ2v) is 4.33. The number of nitrogens with two attached hydrogens (primary N) is 1. The minimum atomic E-state index is 0.334. The Labute approximate surface area is 100 Å². The maximum Gasteiger partial charge on any atom is 0.229 e. The van der Waals surface area contributed by atoms with Gasteiger partial charge in [0.25, 0.3) is 0 Å². The predicted octanol–water partition coefficient (Wildman–Crippen LogP) is 2.96. The lowest BCUT2D eigenvalue weighted by Gasteiger charge is -2.08. The van der Waals surface area contributed by atoms with E-state index in [-0.39, 0.29) is 0 Å². The van der Waals surface area contributed by atoms with E-state index in [0.29, 0.717) is 11.8 Å². The largest absolute Gasteiger partial charge is 0.493 e. The van der Waals surface area contributed by atoms with E-state index in [2.05, 4.69) is 19.0 Å². The third-order valence-corrected chi connectivity index (χ3v) is 2.35. The summed E-state index contributed by atoms with van der Waals surface area (Å²) in [4.78, 5) is 0.